The molecule has 0 spiro atoms. The average molecular weight is 1130 g/mol. The minimum atomic E-state index is -0.782. The molecule has 1 atom stereocenters. The Morgan fingerprint density at radius 1 is 0.259 bits per heavy atom. The van der Waals surface area contributed by atoms with Crippen molar-refractivity contribution >= 4 is 17.9 Å². The van der Waals surface area contributed by atoms with Crippen LogP contribution in [0, 0.1) is 0 Å². The van der Waals surface area contributed by atoms with Crippen molar-refractivity contribution in [1.82, 2.24) is 0 Å². The van der Waals surface area contributed by atoms with Crippen LogP contribution in [0.15, 0.2) is 60.8 Å². The fourth-order valence-electron chi connectivity index (χ4n) is 10.7. The molecule has 0 aromatic rings. The topological polar surface area (TPSA) is 78.9 Å². The van der Waals surface area contributed by atoms with E-state index in [-0.39, 0.29) is 31.1 Å². The van der Waals surface area contributed by atoms with E-state index in [4.69, 9.17) is 14.2 Å². The zero-order chi connectivity index (χ0) is 58.5. The standard InChI is InChI=1S/C75H136O6/c1-4-7-10-13-16-19-22-25-28-30-32-34-36-37-39-40-42-44-47-50-53-56-59-62-65-68-74(77)80-71-72(70-79-73(76)67-64-61-58-55-52-49-46-27-24-21-18-15-12-9-6-3)81-75(78)69-66-63-60-57-54-51-48-45-43-41-38-35-33-31-29-26-23-20-17-14-11-8-5-2/h9,12,18,21-22,25,27,30,32,46,72H,4-8,10-11,13-17,19-20,23-24,26,28-29,31,33-45,47-71H2,1-3H3/b12-9-,21-18-,25-22-,32-30-,46-27-. The molecule has 472 valence electrons. The smallest absolute Gasteiger partial charge is 0.306 e. The molecule has 0 saturated carbocycles. The third-order valence-corrected chi connectivity index (χ3v) is 16.0. The van der Waals surface area contributed by atoms with Gasteiger partial charge < -0.3 is 14.2 Å². The molecule has 6 nitrogen and oxygen atoms in total. The van der Waals surface area contributed by atoms with Crippen LogP contribution in [-0.2, 0) is 28.6 Å². The molecule has 1 unspecified atom stereocenters. The van der Waals surface area contributed by atoms with Gasteiger partial charge in [-0.15, -0.1) is 0 Å². The Morgan fingerprint density at radius 3 is 0.753 bits per heavy atom. The molecular formula is C75H136O6. The lowest BCUT2D eigenvalue weighted by Gasteiger charge is -2.18. The van der Waals surface area contributed by atoms with E-state index in [0.717, 1.165) is 103 Å². The number of hydrogen-bond acceptors (Lipinski definition) is 6. The monoisotopic (exact) mass is 1130 g/mol. The molecule has 0 rings (SSSR count). The van der Waals surface area contributed by atoms with Crippen LogP contribution >= 0.6 is 0 Å². The quantitative estimate of drug-likeness (QED) is 0.0261. The number of rotatable bonds is 66. The van der Waals surface area contributed by atoms with Crippen LogP contribution in [0.5, 0.6) is 0 Å². The molecule has 0 bridgehead atoms. The lowest BCUT2D eigenvalue weighted by atomic mass is 10.0. The maximum Gasteiger partial charge on any atom is 0.306 e. The van der Waals surface area contributed by atoms with Gasteiger partial charge in [0.1, 0.15) is 13.2 Å². The Hall–Kier alpha value is -2.89. The first-order chi connectivity index (χ1) is 40.0. The summed E-state index contributed by atoms with van der Waals surface area (Å²) in [7, 11) is 0. The maximum absolute atomic E-state index is 13.0. The predicted molar refractivity (Wildman–Crippen MR) is 353 cm³/mol. The fourth-order valence-corrected chi connectivity index (χ4v) is 10.7. The number of unbranched alkanes of at least 4 members (excludes halogenated alkanes) is 45. The average Bonchev–Trinajstić information content (AvgIpc) is 3.47. The van der Waals surface area contributed by atoms with Gasteiger partial charge in [-0.2, -0.15) is 0 Å². The lowest BCUT2D eigenvalue weighted by Crippen LogP contribution is -2.30. The molecule has 0 heterocycles. The largest absolute Gasteiger partial charge is 0.462 e. The number of esters is 3. The van der Waals surface area contributed by atoms with E-state index in [0.29, 0.717) is 19.3 Å². The summed E-state index contributed by atoms with van der Waals surface area (Å²) >= 11 is 0. The number of carbonyl (C=O) groups is 3. The predicted octanol–water partition coefficient (Wildman–Crippen LogP) is 24.7. The molecule has 0 aliphatic heterocycles. The van der Waals surface area contributed by atoms with Crippen LogP contribution in [0.1, 0.15) is 380 Å². The van der Waals surface area contributed by atoms with Crippen LogP contribution in [0.25, 0.3) is 0 Å². The highest BCUT2D eigenvalue weighted by atomic mass is 16.6. The van der Waals surface area contributed by atoms with Crippen molar-refractivity contribution in [1.29, 1.82) is 0 Å². The molecule has 81 heavy (non-hydrogen) atoms. The van der Waals surface area contributed by atoms with Crippen LogP contribution in [-0.4, -0.2) is 37.2 Å². The Bertz CT molecular complexity index is 1440. The third-order valence-electron chi connectivity index (χ3n) is 16.0. The van der Waals surface area contributed by atoms with Gasteiger partial charge in [0.25, 0.3) is 0 Å². The van der Waals surface area contributed by atoms with Gasteiger partial charge in [-0.05, 0) is 83.5 Å². The van der Waals surface area contributed by atoms with E-state index >= 15 is 0 Å². The lowest BCUT2D eigenvalue weighted by molar-refractivity contribution is -0.167. The first-order valence-electron chi connectivity index (χ1n) is 35.8. The second-order valence-electron chi connectivity index (χ2n) is 24.1. The van der Waals surface area contributed by atoms with Gasteiger partial charge in [0.15, 0.2) is 6.10 Å². The Labute approximate surface area is 504 Å². The Kier molecular flexibility index (Phi) is 67.1. The van der Waals surface area contributed by atoms with Gasteiger partial charge in [-0.3, -0.25) is 14.4 Å². The van der Waals surface area contributed by atoms with Gasteiger partial charge in [-0.1, -0.05) is 338 Å². The first-order valence-corrected chi connectivity index (χ1v) is 35.8. The van der Waals surface area contributed by atoms with E-state index in [9.17, 15) is 14.4 Å². The summed E-state index contributed by atoms with van der Waals surface area (Å²) in [5.74, 6) is -0.869. The minimum Gasteiger partial charge on any atom is -0.462 e. The second kappa shape index (κ2) is 69.6. The maximum atomic E-state index is 13.0. The van der Waals surface area contributed by atoms with Crippen LogP contribution < -0.4 is 0 Å². The molecule has 6 heteroatoms. The van der Waals surface area contributed by atoms with Crippen molar-refractivity contribution in [2.24, 2.45) is 0 Å². The number of hydrogen-bond donors (Lipinski definition) is 0. The van der Waals surface area contributed by atoms with Crippen molar-refractivity contribution in [2.75, 3.05) is 13.2 Å². The summed E-state index contributed by atoms with van der Waals surface area (Å²) in [4.78, 5) is 38.5. The second-order valence-corrected chi connectivity index (χ2v) is 24.1. The van der Waals surface area contributed by atoms with Crippen molar-refractivity contribution in [3.8, 4) is 0 Å². The van der Waals surface area contributed by atoms with Gasteiger partial charge in [0.05, 0.1) is 0 Å². The molecule has 0 aromatic carbocycles. The van der Waals surface area contributed by atoms with Gasteiger partial charge >= 0.3 is 17.9 Å². The first kappa shape index (κ1) is 78.1. The summed E-state index contributed by atoms with van der Waals surface area (Å²) in [5.41, 5.74) is 0. The summed E-state index contributed by atoms with van der Waals surface area (Å²) in [6.45, 7) is 6.57. The molecular weight excluding hydrogens is 997 g/mol. The minimum absolute atomic E-state index is 0.0763. The third kappa shape index (κ3) is 67.8. The van der Waals surface area contributed by atoms with E-state index in [1.165, 1.54) is 238 Å². The summed E-state index contributed by atoms with van der Waals surface area (Å²) in [6, 6.07) is 0. The van der Waals surface area contributed by atoms with Crippen molar-refractivity contribution < 1.29 is 28.6 Å². The highest BCUT2D eigenvalue weighted by molar-refractivity contribution is 5.71. The molecule has 0 fully saturated rings. The normalized spacial score (nSPS) is 12.4. The van der Waals surface area contributed by atoms with Crippen molar-refractivity contribution in [2.45, 2.75) is 386 Å². The molecule has 0 N–H and O–H groups in total. The fraction of sp³-hybridized carbons (Fsp3) is 0.827. The number of carbonyl (C=O) groups excluding carboxylic acids is 3. The van der Waals surface area contributed by atoms with E-state index in [2.05, 4.69) is 81.5 Å². The summed E-state index contributed by atoms with van der Waals surface area (Å²) in [6.07, 6.45) is 89.7. The number of allylic oxidation sites excluding steroid dienone is 10. The SMILES string of the molecule is CC/C=C\C/C=C\C/C=C\CCCCCCCC(=O)OCC(COC(=O)CCCCCCCCCCCCCCC/C=C\C/C=C\CCCCCCC)OC(=O)CCCCCCCCCCCCCCCCCCCCCCCCC. The van der Waals surface area contributed by atoms with Crippen molar-refractivity contribution in [3.63, 3.8) is 0 Å². The van der Waals surface area contributed by atoms with E-state index in [1.807, 2.05) is 0 Å². The number of ether oxygens (including phenoxy) is 3. The molecule has 0 aliphatic carbocycles. The highest BCUT2D eigenvalue weighted by Crippen LogP contribution is 2.18. The zero-order valence-electron chi connectivity index (χ0n) is 54.3. The van der Waals surface area contributed by atoms with Gasteiger partial charge in [0.2, 0.25) is 0 Å². The molecule has 0 aromatic heterocycles. The summed E-state index contributed by atoms with van der Waals surface area (Å²) < 4.78 is 17.0. The van der Waals surface area contributed by atoms with Crippen LogP contribution in [0.3, 0.4) is 0 Å². The zero-order valence-corrected chi connectivity index (χ0v) is 54.3. The van der Waals surface area contributed by atoms with Crippen LogP contribution in [0.2, 0.25) is 0 Å². The summed E-state index contributed by atoms with van der Waals surface area (Å²) in [5, 5.41) is 0. The van der Waals surface area contributed by atoms with Gasteiger partial charge in [-0.25, -0.2) is 0 Å². The molecule has 0 amide bonds. The Balaban J connectivity index is 4.28. The molecule has 0 saturated heterocycles. The Morgan fingerprint density at radius 2 is 0.481 bits per heavy atom. The van der Waals surface area contributed by atoms with E-state index in [1.54, 1.807) is 0 Å². The van der Waals surface area contributed by atoms with Crippen LogP contribution in [0.4, 0.5) is 0 Å². The molecule has 0 radical (unpaired) electrons. The highest BCUT2D eigenvalue weighted by Gasteiger charge is 2.19. The van der Waals surface area contributed by atoms with Crippen molar-refractivity contribution in [3.05, 3.63) is 60.8 Å². The van der Waals surface area contributed by atoms with E-state index < -0.39 is 6.10 Å². The molecule has 0 aliphatic rings. The van der Waals surface area contributed by atoms with Gasteiger partial charge in [0, 0.05) is 19.3 Å².